The molecule has 0 amide bonds. The molecular weight excluding hydrogens is 224 g/mol. The van der Waals surface area contributed by atoms with Crippen molar-refractivity contribution in [1.82, 2.24) is 19.3 Å². The molecule has 2 heterocycles. The molecular formula is C10H10N4O3. The van der Waals surface area contributed by atoms with Gasteiger partial charge in [-0.25, -0.2) is 9.78 Å². The van der Waals surface area contributed by atoms with Crippen molar-refractivity contribution in [2.75, 3.05) is 0 Å². The molecule has 2 rings (SSSR count). The van der Waals surface area contributed by atoms with Gasteiger partial charge in [0, 0.05) is 12.6 Å². The lowest BCUT2D eigenvalue weighted by atomic mass is 10.3. The molecule has 0 saturated carbocycles. The van der Waals surface area contributed by atoms with Crippen molar-refractivity contribution in [2.24, 2.45) is 7.05 Å². The van der Waals surface area contributed by atoms with Crippen molar-refractivity contribution in [3.8, 4) is 0 Å². The van der Waals surface area contributed by atoms with Crippen LogP contribution in [0.2, 0.25) is 0 Å². The predicted molar refractivity (Wildman–Crippen MR) is 59.5 cm³/mol. The first-order valence-corrected chi connectivity index (χ1v) is 4.79. The molecule has 0 atom stereocenters. The zero-order valence-corrected chi connectivity index (χ0v) is 9.12. The summed E-state index contributed by atoms with van der Waals surface area (Å²) in [5, 5.41) is 13.0. The van der Waals surface area contributed by atoms with Gasteiger partial charge in [0.1, 0.15) is 11.7 Å². The van der Waals surface area contributed by atoms with Crippen LogP contribution in [0.1, 0.15) is 0 Å². The van der Waals surface area contributed by atoms with Crippen LogP contribution in [0.15, 0.2) is 29.5 Å². The highest BCUT2D eigenvalue weighted by Gasteiger charge is 2.10. The monoisotopic (exact) mass is 234 g/mol. The van der Waals surface area contributed by atoms with E-state index in [1.165, 1.54) is 21.8 Å². The van der Waals surface area contributed by atoms with Crippen molar-refractivity contribution in [3.63, 3.8) is 0 Å². The van der Waals surface area contributed by atoms with Gasteiger partial charge in [-0.05, 0) is 0 Å². The van der Waals surface area contributed by atoms with E-state index in [0.717, 1.165) is 0 Å². The van der Waals surface area contributed by atoms with Gasteiger partial charge in [0.25, 0.3) is 5.56 Å². The van der Waals surface area contributed by atoms with Gasteiger partial charge < -0.3 is 5.11 Å². The summed E-state index contributed by atoms with van der Waals surface area (Å²) >= 11 is 0. The SMILES string of the molecule is C=C(Cn1cnc2c(cnn2C)c1=O)C(=O)O. The lowest BCUT2D eigenvalue weighted by Crippen LogP contribution is -2.23. The Morgan fingerprint density at radius 2 is 2.29 bits per heavy atom. The molecule has 2 aromatic heterocycles. The largest absolute Gasteiger partial charge is 0.478 e. The molecule has 7 nitrogen and oxygen atoms in total. The molecule has 0 bridgehead atoms. The highest BCUT2D eigenvalue weighted by molar-refractivity contribution is 5.85. The second-order valence-electron chi connectivity index (χ2n) is 3.59. The molecule has 0 unspecified atom stereocenters. The number of aliphatic carboxylic acids is 1. The first-order valence-electron chi connectivity index (χ1n) is 4.79. The molecule has 7 heteroatoms. The molecule has 0 radical (unpaired) electrons. The van der Waals surface area contributed by atoms with E-state index in [0.29, 0.717) is 11.0 Å². The van der Waals surface area contributed by atoms with E-state index in [1.807, 2.05) is 0 Å². The van der Waals surface area contributed by atoms with Crippen LogP contribution in [0.5, 0.6) is 0 Å². The number of fused-ring (bicyclic) bond motifs is 1. The molecule has 2 aromatic rings. The molecule has 0 fully saturated rings. The summed E-state index contributed by atoms with van der Waals surface area (Å²) in [6.45, 7) is 3.28. The third-order valence-corrected chi connectivity index (χ3v) is 2.38. The number of aromatic nitrogens is 4. The molecule has 1 N–H and O–H groups in total. The zero-order valence-electron chi connectivity index (χ0n) is 9.12. The second-order valence-corrected chi connectivity index (χ2v) is 3.59. The Morgan fingerprint density at radius 1 is 1.59 bits per heavy atom. The molecule has 17 heavy (non-hydrogen) atoms. The Balaban J connectivity index is 2.50. The van der Waals surface area contributed by atoms with Crippen LogP contribution < -0.4 is 5.56 Å². The van der Waals surface area contributed by atoms with E-state index < -0.39 is 5.97 Å². The van der Waals surface area contributed by atoms with Crippen LogP contribution >= 0.6 is 0 Å². The maximum atomic E-state index is 11.9. The summed E-state index contributed by atoms with van der Waals surface area (Å²) in [6, 6.07) is 0. The minimum absolute atomic E-state index is 0.0721. The van der Waals surface area contributed by atoms with Crippen molar-refractivity contribution in [1.29, 1.82) is 0 Å². The van der Waals surface area contributed by atoms with Gasteiger partial charge in [0.05, 0.1) is 12.7 Å². The summed E-state index contributed by atoms with van der Waals surface area (Å²) in [4.78, 5) is 26.6. The lowest BCUT2D eigenvalue weighted by Gasteiger charge is -2.04. The molecule has 0 saturated heterocycles. The van der Waals surface area contributed by atoms with E-state index >= 15 is 0 Å². The zero-order chi connectivity index (χ0) is 12.6. The van der Waals surface area contributed by atoms with Crippen LogP contribution in [0.4, 0.5) is 0 Å². The summed E-state index contributed by atoms with van der Waals surface area (Å²) in [6.07, 6.45) is 2.70. The van der Waals surface area contributed by atoms with Gasteiger partial charge in [0.2, 0.25) is 0 Å². The fourth-order valence-corrected chi connectivity index (χ4v) is 1.45. The van der Waals surface area contributed by atoms with Crippen LogP contribution in [-0.2, 0) is 18.4 Å². The third kappa shape index (κ3) is 1.82. The Bertz CT molecular complexity index is 668. The van der Waals surface area contributed by atoms with Crippen LogP contribution in [0, 0.1) is 0 Å². The van der Waals surface area contributed by atoms with Gasteiger partial charge >= 0.3 is 5.97 Å². The lowest BCUT2D eigenvalue weighted by molar-refractivity contribution is -0.132. The maximum absolute atomic E-state index is 11.9. The highest BCUT2D eigenvalue weighted by atomic mass is 16.4. The van der Waals surface area contributed by atoms with E-state index in [2.05, 4.69) is 16.7 Å². The standard InChI is InChI=1S/C10H10N4O3/c1-6(10(16)17)4-14-5-11-8-7(9(14)15)3-12-13(8)2/h3,5H,1,4H2,2H3,(H,16,17). The first kappa shape index (κ1) is 11.1. The number of rotatable bonds is 3. The van der Waals surface area contributed by atoms with Crippen molar-refractivity contribution < 1.29 is 9.90 Å². The number of nitrogens with zero attached hydrogens (tertiary/aromatic N) is 4. The van der Waals surface area contributed by atoms with Gasteiger partial charge in [-0.2, -0.15) is 5.10 Å². The molecule has 0 aliphatic heterocycles. The number of carboxylic acid groups (broad SMARTS) is 1. The molecule has 0 aromatic carbocycles. The van der Waals surface area contributed by atoms with E-state index in [4.69, 9.17) is 5.11 Å². The average Bonchev–Trinajstić information content (AvgIpc) is 2.65. The van der Waals surface area contributed by atoms with Crippen molar-refractivity contribution in [2.45, 2.75) is 6.54 Å². The second kappa shape index (κ2) is 3.85. The summed E-state index contributed by atoms with van der Waals surface area (Å²) in [5.74, 6) is -1.14. The molecule has 88 valence electrons. The number of carboxylic acids is 1. The fourth-order valence-electron chi connectivity index (χ4n) is 1.45. The third-order valence-electron chi connectivity index (χ3n) is 2.38. The Hall–Kier alpha value is -2.44. The van der Waals surface area contributed by atoms with E-state index in [1.54, 1.807) is 7.05 Å². The van der Waals surface area contributed by atoms with Crippen molar-refractivity contribution >= 4 is 17.0 Å². The van der Waals surface area contributed by atoms with Gasteiger partial charge in [-0.1, -0.05) is 6.58 Å². The smallest absolute Gasteiger partial charge is 0.332 e. The Labute approximate surface area is 95.6 Å². The first-order chi connectivity index (χ1) is 8.00. The number of aryl methyl sites for hydroxylation is 1. The normalized spacial score (nSPS) is 10.6. The molecule has 0 aliphatic carbocycles. The number of carbonyl (C=O) groups is 1. The summed E-state index contributed by atoms with van der Waals surface area (Å²) in [5.41, 5.74) is 0.0647. The summed E-state index contributed by atoms with van der Waals surface area (Å²) in [7, 11) is 1.68. The number of hydrogen-bond donors (Lipinski definition) is 1. The fraction of sp³-hybridized carbons (Fsp3) is 0.200. The van der Waals surface area contributed by atoms with Gasteiger partial charge in [-0.3, -0.25) is 14.0 Å². The molecule has 0 aliphatic rings. The summed E-state index contributed by atoms with van der Waals surface area (Å²) < 4.78 is 2.67. The van der Waals surface area contributed by atoms with Gasteiger partial charge in [0.15, 0.2) is 5.65 Å². The van der Waals surface area contributed by atoms with Crippen LogP contribution in [0.25, 0.3) is 11.0 Å². The van der Waals surface area contributed by atoms with E-state index in [-0.39, 0.29) is 17.7 Å². The van der Waals surface area contributed by atoms with Crippen LogP contribution in [0.3, 0.4) is 0 Å². The minimum atomic E-state index is -1.14. The van der Waals surface area contributed by atoms with Crippen LogP contribution in [-0.4, -0.2) is 30.4 Å². The maximum Gasteiger partial charge on any atom is 0.332 e. The van der Waals surface area contributed by atoms with E-state index in [9.17, 15) is 9.59 Å². The topological polar surface area (TPSA) is 90.0 Å². The predicted octanol–water partition coefficient (Wildman–Crippen LogP) is -0.229. The number of hydrogen-bond acceptors (Lipinski definition) is 4. The average molecular weight is 234 g/mol. The van der Waals surface area contributed by atoms with Gasteiger partial charge in [-0.15, -0.1) is 0 Å². The van der Waals surface area contributed by atoms with Crippen molar-refractivity contribution in [3.05, 3.63) is 35.0 Å². The Morgan fingerprint density at radius 3 is 2.94 bits per heavy atom. The quantitative estimate of drug-likeness (QED) is 0.741. The highest BCUT2D eigenvalue weighted by Crippen LogP contribution is 2.04. The minimum Gasteiger partial charge on any atom is -0.478 e. The Kier molecular flexibility index (Phi) is 2.51. The molecule has 0 spiro atoms.